The molecule has 0 radical (unpaired) electrons. The number of rotatable bonds is 10. The Morgan fingerprint density at radius 1 is 0.750 bits per heavy atom. The number of hydrogen-bond donors (Lipinski definition) is 9. The van der Waals surface area contributed by atoms with Crippen LogP contribution in [0.4, 0.5) is 0 Å². The van der Waals surface area contributed by atoms with Crippen molar-refractivity contribution in [1.29, 1.82) is 0 Å². The van der Waals surface area contributed by atoms with Crippen LogP contribution in [-0.2, 0) is 33.2 Å². The maximum atomic E-state index is 11.2. The van der Waals surface area contributed by atoms with E-state index in [9.17, 15) is 46.0 Å². The van der Waals surface area contributed by atoms with Gasteiger partial charge in [0.1, 0.15) is 67.1 Å². The van der Waals surface area contributed by atoms with Crippen LogP contribution in [0.1, 0.15) is 79.1 Å². The van der Waals surface area contributed by atoms with Crippen molar-refractivity contribution in [3.63, 3.8) is 0 Å². The third kappa shape index (κ3) is 7.56. The molecule has 7 rings (SSSR count). The van der Waals surface area contributed by atoms with E-state index in [-0.39, 0.29) is 29.0 Å². The van der Waals surface area contributed by atoms with Crippen LogP contribution in [0.15, 0.2) is 11.6 Å². The van der Waals surface area contributed by atoms with Gasteiger partial charge in [0.15, 0.2) is 18.9 Å². The van der Waals surface area contributed by atoms with E-state index >= 15 is 0 Å². The van der Waals surface area contributed by atoms with Crippen LogP contribution in [0.5, 0.6) is 0 Å². The third-order valence-corrected chi connectivity index (χ3v) is 15.3. The topological polar surface area (TPSA) is 247 Å². The van der Waals surface area contributed by atoms with Crippen molar-refractivity contribution in [2.24, 2.45) is 34.5 Å². The van der Waals surface area contributed by atoms with Crippen molar-refractivity contribution in [1.82, 2.24) is 0 Å². The van der Waals surface area contributed by atoms with E-state index < -0.39 is 105 Å². The molecular weight excluding hydrogens is 736 g/mol. The van der Waals surface area contributed by atoms with Gasteiger partial charge in [-0.05, 0) is 99.7 Å². The number of ether oxygens (including phenoxy) is 7. The molecule has 0 unspecified atom stereocenters. The minimum absolute atomic E-state index is 0.0182. The van der Waals surface area contributed by atoms with Gasteiger partial charge in [-0.2, -0.15) is 0 Å². The predicted octanol–water partition coefficient (Wildman–Crippen LogP) is -0.539. The molecule has 16 heteroatoms. The van der Waals surface area contributed by atoms with Crippen LogP contribution >= 0.6 is 0 Å². The Hall–Kier alpha value is -0.900. The quantitative estimate of drug-likeness (QED) is 0.126. The lowest BCUT2D eigenvalue weighted by Gasteiger charge is -2.58. The Morgan fingerprint density at radius 2 is 1.43 bits per heavy atom. The van der Waals surface area contributed by atoms with Crippen molar-refractivity contribution in [2.75, 3.05) is 20.3 Å². The van der Waals surface area contributed by atoms with Crippen LogP contribution in [0.25, 0.3) is 0 Å². The van der Waals surface area contributed by atoms with Crippen LogP contribution in [0.2, 0.25) is 0 Å². The van der Waals surface area contributed by atoms with Crippen molar-refractivity contribution >= 4 is 0 Å². The molecular formula is C40H66O16. The van der Waals surface area contributed by atoms with Crippen molar-refractivity contribution < 1.29 is 79.1 Å². The molecule has 0 amide bonds. The lowest BCUT2D eigenvalue weighted by atomic mass is 9.47. The Labute approximate surface area is 328 Å². The first kappa shape index (κ1) is 43.2. The lowest BCUT2D eigenvalue weighted by molar-refractivity contribution is -0.376. The zero-order valence-electron chi connectivity index (χ0n) is 33.2. The van der Waals surface area contributed by atoms with E-state index in [0.29, 0.717) is 17.8 Å². The van der Waals surface area contributed by atoms with Crippen LogP contribution in [-0.4, -0.2) is 171 Å². The summed E-state index contributed by atoms with van der Waals surface area (Å²) in [7, 11) is 1.41. The first-order valence-corrected chi connectivity index (χ1v) is 20.7. The molecule has 4 aliphatic carbocycles. The van der Waals surface area contributed by atoms with E-state index in [4.69, 9.17) is 33.2 Å². The van der Waals surface area contributed by atoms with Gasteiger partial charge in [0, 0.05) is 7.11 Å². The molecule has 0 aromatic carbocycles. The molecule has 23 atom stereocenters. The monoisotopic (exact) mass is 802 g/mol. The summed E-state index contributed by atoms with van der Waals surface area (Å²) < 4.78 is 42.0. The van der Waals surface area contributed by atoms with Crippen LogP contribution < -0.4 is 0 Å². The highest BCUT2D eigenvalue weighted by molar-refractivity contribution is 5.25. The standard InChI is InChI=1S/C40H66O16/c1-17(22-8-9-23-21-7-6-19-14-20(42)10-12-39(19,3)24(21)11-13-40(22,23)4)52-38-35(34(50-5)27(43)18(2)53-38)56-37-33(49)31(47)29(45)26(55-37)16-51-36-32(48)30(46)28(44)25(15-41)54-36/h6,17-18,20-38,41-49H,7-16H2,1-5H3/t17-,18+,20-,21-,22+,23-,24-,25+,26+,27-,28+,29+,30-,31-,32+,33+,34-,35+,36+,37-,38+,39-,40+/m0/s1. The lowest BCUT2D eigenvalue weighted by Crippen LogP contribution is -2.65. The Kier molecular flexibility index (Phi) is 13.0. The predicted molar refractivity (Wildman–Crippen MR) is 194 cm³/mol. The van der Waals surface area contributed by atoms with Crippen molar-refractivity contribution in [3.8, 4) is 0 Å². The summed E-state index contributed by atoms with van der Waals surface area (Å²) in [5.41, 5.74) is 1.60. The van der Waals surface area contributed by atoms with Crippen molar-refractivity contribution in [2.45, 2.75) is 183 Å². The van der Waals surface area contributed by atoms with Gasteiger partial charge < -0.3 is 79.1 Å². The second-order valence-corrected chi connectivity index (χ2v) is 18.3. The number of methoxy groups -OCH3 is 1. The third-order valence-electron chi connectivity index (χ3n) is 15.3. The number of allylic oxidation sites excluding steroid dienone is 1. The average Bonchev–Trinajstić information content (AvgIpc) is 3.54. The molecule has 3 saturated heterocycles. The molecule has 0 aromatic rings. The maximum absolute atomic E-state index is 11.2. The van der Waals surface area contributed by atoms with Gasteiger partial charge in [-0.25, -0.2) is 0 Å². The SMILES string of the molecule is CO[C@H]1[C@@H](O)[C@@H](C)O[C@@H](O[C@@H](C)[C@H]2CC[C@H]3[C@@H]4CC=C5C[C@@H](O)CC[C@]5(C)[C@H]4CC[C@]23C)[C@@H]1O[C@@H]1O[C@H](CO[C@@H]2O[C@H](CO)[C@@H](O)[C@H](O)[C@H]2O)[C@@H](O)[C@H](O)[C@H]1O. The summed E-state index contributed by atoms with van der Waals surface area (Å²) in [6.07, 6.45) is -11.2. The van der Waals surface area contributed by atoms with Gasteiger partial charge in [0.2, 0.25) is 0 Å². The summed E-state index contributed by atoms with van der Waals surface area (Å²) in [6.45, 7) is 7.38. The number of fused-ring (bicyclic) bond motifs is 5. The smallest absolute Gasteiger partial charge is 0.187 e. The largest absolute Gasteiger partial charge is 0.394 e. The first-order chi connectivity index (χ1) is 26.5. The van der Waals surface area contributed by atoms with Gasteiger partial charge >= 0.3 is 0 Å². The fourth-order valence-electron chi connectivity index (χ4n) is 12.0. The minimum atomic E-state index is -1.78. The zero-order chi connectivity index (χ0) is 40.4. The van der Waals surface area contributed by atoms with Gasteiger partial charge in [-0.1, -0.05) is 25.5 Å². The van der Waals surface area contributed by atoms with Crippen LogP contribution in [0.3, 0.4) is 0 Å². The number of aliphatic hydroxyl groups excluding tert-OH is 9. The summed E-state index contributed by atoms with van der Waals surface area (Å²) >= 11 is 0. The van der Waals surface area contributed by atoms with Gasteiger partial charge in [-0.15, -0.1) is 0 Å². The molecule has 3 aliphatic heterocycles. The van der Waals surface area contributed by atoms with Crippen molar-refractivity contribution in [3.05, 3.63) is 11.6 Å². The molecule has 0 aromatic heterocycles. The molecule has 3 saturated carbocycles. The Bertz CT molecular complexity index is 1370. The van der Waals surface area contributed by atoms with E-state index in [2.05, 4.69) is 19.9 Å². The van der Waals surface area contributed by atoms with Gasteiger partial charge in [0.25, 0.3) is 0 Å². The fraction of sp³-hybridized carbons (Fsp3) is 0.950. The fourth-order valence-corrected chi connectivity index (χ4v) is 12.0. The molecule has 0 spiro atoms. The highest BCUT2D eigenvalue weighted by Gasteiger charge is 2.60. The molecule has 16 nitrogen and oxygen atoms in total. The second kappa shape index (κ2) is 16.9. The van der Waals surface area contributed by atoms with Crippen LogP contribution in [0, 0.1) is 34.5 Å². The highest BCUT2D eigenvalue weighted by Crippen LogP contribution is 2.67. The number of hydrogen-bond acceptors (Lipinski definition) is 16. The molecule has 7 aliphatic rings. The number of aliphatic hydroxyl groups is 9. The summed E-state index contributed by atoms with van der Waals surface area (Å²) in [5.74, 6) is 1.87. The van der Waals surface area contributed by atoms with E-state index in [1.54, 1.807) is 6.92 Å². The maximum Gasteiger partial charge on any atom is 0.187 e. The first-order valence-electron chi connectivity index (χ1n) is 20.7. The summed E-state index contributed by atoms with van der Waals surface area (Å²) in [6, 6.07) is 0. The average molecular weight is 803 g/mol. The highest BCUT2D eigenvalue weighted by atomic mass is 16.8. The summed E-state index contributed by atoms with van der Waals surface area (Å²) in [5, 5.41) is 94.6. The van der Waals surface area contributed by atoms with E-state index in [0.717, 1.165) is 51.4 Å². The zero-order valence-corrected chi connectivity index (χ0v) is 33.2. The Balaban J connectivity index is 1.04. The second-order valence-electron chi connectivity index (χ2n) is 18.3. The molecule has 56 heavy (non-hydrogen) atoms. The molecule has 3 heterocycles. The molecule has 9 N–H and O–H groups in total. The molecule has 0 bridgehead atoms. The molecule has 322 valence electrons. The van der Waals surface area contributed by atoms with E-state index in [1.807, 2.05) is 6.92 Å². The summed E-state index contributed by atoms with van der Waals surface area (Å²) in [4.78, 5) is 0. The molecule has 6 fully saturated rings. The normalized spacial score (nSPS) is 54.1. The van der Waals surface area contributed by atoms with Gasteiger partial charge in [-0.3, -0.25) is 0 Å². The van der Waals surface area contributed by atoms with E-state index in [1.165, 1.54) is 12.7 Å². The Morgan fingerprint density at radius 3 is 2.12 bits per heavy atom. The van der Waals surface area contributed by atoms with Gasteiger partial charge in [0.05, 0.1) is 31.5 Å². The minimum Gasteiger partial charge on any atom is -0.394 e.